The molecule has 2 heterocycles. The van der Waals surface area contributed by atoms with Gasteiger partial charge in [0, 0.05) is 40.2 Å². The molecule has 3 rings (SSSR count). The van der Waals surface area contributed by atoms with Gasteiger partial charge in [0.05, 0.1) is 12.5 Å². The van der Waals surface area contributed by atoms with Gasteiger partial charge in [-0.15, -0.1) is 0 Å². The van der Waals surface area contributed by atoms with E-state index in [2.05, 4.69) is 63.8 Å². The van der Waals surface area contributed by atoms with Crippen molar-refractivity contribution in [2.24, 2.45) is 11.8 Å². The number of hydrogen-bond acceptors (Lipinski definition) is 4. The summed E-state index contributed by atoms with van der Waals surface area (Å²) >= 11 is 3.55. The van der Waals surface area contributed by atoms with E-state index in [4.69, 9.17) is 0 Å². The molecule has 1 unspecified atom stereocenters. The minimum Gasteiger partial charge on any atom is -0.371 e. The topological polar surface area (TPSA) is 73.5 Å². The van der Waals surface area contributed by atoms with Crippen LogP contribution in [0.15, 0.2) is 41.5 Å². The van der Waals surface area contributed by atoms with Crippen molar-refractivity contribution in [2.45, 2.75) is 32.7 Å². The van der Waals surface area contributed by atoms with Gasteiger partial charge in [-0.25, -0.2) is 4.79 Å². The van der Waals surface area contributed by atoms with Gasteiger partial charge in [0.1, 0.15) is 0 Å². The van der Waals surface area contributed by atoms with E-state index in [1.807, 2.05) is 18.2 Å². The van der Waals surface area contributed by atoms with E-state index in [0.717, 1.165) is 34.5 Å². The number of likely N-dealkylation sites (tertiary alicyclic amines) is 1. The number of benzene rings is 1. The van der Waals surface area contributed by atoms with Crippen LogP contribution in [-0.2, 0) is 4.79 Å². The van der Waals surface area contributed by atoms with Gasteiger partial charge in [-0.2, -0.15) is 0 Å². The van der Waals surface area contributed by atoms with Crippen molar-refractivity contribution in [1.82, 2.24) is 15.5 Å². The number of nitrogens with one attached hydrogen (secondary N) is 3. The van der Waals surface area contributed by atoms with Crippen molar-refractivity contribution >= 4 is 39.3 Å². The lowest BCUT2D eigenvalue weighted by Gasteiger charge is -2.38. The lowest BCUT2D eigenvalue weighted by atomic mass is 9.91. The molecule has 1 aromatic carbocycles. The Balaban J connectivity index is 1.80. The minimum atomic E-state index is -0.499. The molecule has 3 amide bonds. The normalized spacial score (nSPS) is 25.0. The molecule has 0 spiro atoms. The van der Waals surface area contributed by atoms with Crippen molar-refractivity contribution in [3.63, 3.8) is 0 Å². The van der Waals surface area contributed by atoms with Gasteiger partial charge in [-0.05, 0) is 36.5 Å². The van der Waals surface area contributed by atoms with Crippen LogP contribution in [0.4, 0.5) is 10.5 Å². The Bertz CT molecular complexity index is 797. The molecule has 2 saturated heterocycles. The van der Waals surface area contributed by atoms with E-state index in [1.54, 1.807) is 0 Å². The molecule has 0 radical (unpaired) electrons. The predicted molar refractivity (Wildman–Crippen MR) is 116 cm³/mol. The molecular weight excluding hydrogens is 420 g/mol. The zero-order valence-corrected chi connectivity index (χ0v) is 17.9. The number of carbonyl (C=O) groups is 2. The van der Waals surface area contributed by atoms with Crippen LogP contribution in [0.5, 0.6) is 0 Å². The number of halogens is 1. The number of amides is 3. The minimum absolute atomic E-state index is 0.158. The average molecular weight is 447 g/mol. The Morgan fingerprint density at radius 3 is 2.54 bits per heavy atom. The van der Waals surface area contributed by atoms with E-state index in [9.17, 15) is 9.59 Å². The van der Waals surface area contributed by atoms with Crippen LogP contribution in [0.25, 0.3) is 5.70 Å². The van der Waals surface area contributed by atoms with Gasteiger partial charge in [0.15, 0.2) is 0 Å². The molecule has 2 aliphatic rings. The number of anilines is 1. The first-order valence-corrected chi connectivity index (χ1v) is 10.3. The molecule has 0 bridgehead atoms. The van der Waals surface area contributed by atoms with Crippen LogP contribution in [0, 0.1) is 11.8 Å². The van der Waals surface area contributed by atoms with Crippen LogP contribution in [0.1, 0.15) is 32.3 Å². The summed E-state index contributed by atoms with van der Waals surface area (Å²) in [5.41, 5.74) is 3.35. The Hall–Kier alpha value is -2.28. The van der Waals surface area contributed by atoms with E-state index < -0.39 is 12.1 Å². The monoisotopic (exact) mass is 446 g/mol. The molecule has 1 aromatic rings. The molecule has 2 fully saturated rings. The lowest BCUT2D eigenvalue weighted by Crippen LogP contribution is -2.53. The lowest BCUT2D eigenvalue weighted by molar-refractivity contribution is -0.121. The molecular formula is C21H27BrN4O2. The second-order valence-corrected chi connectivity index (χ2v) is 8.83. The Kier molecular flexibility index (Phi) is 6.13. The molecule has 7 heteroatoms. The first-order valence-electron chi connectivity index (χ1n) is 9.53. The molecule has 28 heavy (non-hydrogen) atoms. The van der Waals surface area contributed by atoms with Crippen LogP contribution in [0.2, 0.25) is 0 Å². The highest BCUT2D eigenvalue weighted by atomic mass is 79.9. The number of carbonyl (C=O) groups excluding carboxylic acids is 2. The van der Waals surface area contributed by atoms with Gasteiger partial charge in [-0.1, -0.05) is 42.9 Å². The summed E-state index contributed by atoms with van der Waals surface area (Å²) in [6.45, 7) is 14.9. The number of piperidine rings is 1. The van der Waals surface area contributed by atoms with Gasteiger partial charge >= 0.3 is 6.03 Å². The quantitative estimate of drug-likeness (QED) is 0.640. The molecule has 0 saturated carbocycles. The molecule has 3 N–H and O–H groups in total. The largest absolute Gasteiger partial charge is 0.371 e. The number of nitrogens with zero attached hydrogens (tertiary/aromatic N) is 1. The summed E-state index contributed by atoms with van der Waals surface area (Å²) in [4.78, 5) is 25.6. The molecule has 0 aliphatic carbocycles. The fourth-order valence-electron chi connectivity index (χ4n) is 4.00. The SMILES string of the molecule is C=C(Nc1ccc(Br)cc1C(=C)N1C[C@H](C)C[C@H](C)C1)C1CC(=O)NC(=O)N1. The molecule has 150 valence electrons. The Morgan fingerprint density at radius 2 is 1.89 bits per heavy atom. The fraction of sp³-hybridized carbons (Fsp3) is 0.429. The summed E-state index contributed by atoms with van der Waals surface area (Å²) < 4.78 is 0.961. The third-order valence-electron chi connectivity index (χ3n) is 5.21. The van der Waals surface area contributed by atoms with Crippen molar-refractivity contribution in [2.75, 3.05) is 18.4 Å². The van der Waals surface area contributed by atoms with E-state index in [0.29, 0.717) is 17.5 Å². The Labute approximate surface area is 174 Å². The molecule has 6 nitrogen and oxygen atoms in total. The van der Waals surface area contributed by atoms with Crippen LogP contribution in [-0.4, -0.2) is 36.0 Å². The average Bonchev–Trinajstić information content (AvgIpc) is 2.61. The van der Waals surface area contributed by atoms with Crippen LogP contribution in [0.3, 0.4) is 0 Å². The van der Waals surface area contributed by atoms with Crippen molar-refractivity contribution < 1.29 is 9.59 Å². The van der Waals surface area contributed by atoms with Crippen molar-refractivity contribution in [3.05, 3.63) is 47.1 Å². The smallest absolute Gasteiger partial charge is 0.321 e. The Morgan fingerprint density at radius 1 is 1.21 bits per heavy atom. The first kappa shape index (κ1) is 20.5. The number of rotatable bonds is 5. The third kappa shape index (κ3) is 4.76. The predicted octanol–water partition coefficient (Wildman–Crippen LogP) is 3.92. The number of hydrogen-bond donors (Lipinski definition) is 3. The molecule has 3 atom stereocenters. The highest BCUT2D eigenvalue weighted by Gasteiger charge is 2.27. The molecule has 0 aromatic heterocycles. The first-order chi connectivity index (χ1) is 13.2. The summed E-state index contributed by atoms with van der Waals surface area (Å²) in [6.07, 6.45) is 1.39. The van der Waals surface area contributed by atoms with Gasteiger partial charge in [0.2, 0.25) is 5.91 Å². The van der Waals surface area contributed by atoms with E-state index in [1.165, 1.54) is 6.42 Å². The van der Waals surface area contributed by atoms with Gasteiger partial charge in [0.25, 0.3) is 0 Å². The van der Waals surface area contributed by atoms with Crippen molar-refractivity contribution in [3.8, 4) is 0 Å². The number of urea groups is 1. The van der Waals surface area contributed by atoms with E-state index >= 15 is 0 Å². The maximum absolute atomic E-state index is 11.7. The van der Waals surface area contributed by atoms with Gasteiger partial charge < -0.3 is 15.5 Å². The summed E-state index contributed by atoms with van der Waals surface area (Å²) in [5, 5.41) is 8.25. The highest BCUT2D eigenvalue weighted by molar-refractivity contribution is 9.10. The van der Waals surface area contributed by atoms with Crippen LogP contribution < -0.4 is 16.0 Å². The highest BCUT2D eigenvalue weighted by Crippen LogP contribution is 2.33. The third-order valence-corrected chi connectivity index (χ3v) is 5.70. The summed E-state index contributed by atoms with van der Waals surface area (Å²) in [7, 11) is 0. The van der Waals surface area contributed by atoms with Crippen LogP contribution >= 0.6 is 15.9 Å². The zero-order valence-electron chi connectivity index (χ0n) is 16.3. The second kappa shape index (κ2) is 8.39. The maximum Gasteiger partial charge on any atom is 0.321 e. The standard InChI is InChI=1S/C21H27BrN4O2/c1-12-7-13(2)11-26(10-12)15(4)17-8-16(22)5-6-18(17)23-14(3)19-9-20(27)25-21(28)24-19/h5-6,8,12-13,19,23H,3-4,7,9-11H2,1-2H3,(H2,24,25,27,28)/t12-,13+,19?. The molecule has 2 aliphatic heterocycles. The summed E-state index contributed by atoms with van der Waals surface area (Å²) in [6, 6.07) is 4.98. The zero-order chi connectivity index (χ0) is 20.4. The summed E-state index contributed by atoms with van der Waals surface area (Å²) in [5.74, 6) is 0.929. The van der Waals surface area contributed by atoms with Crippen molar-refractivity contribution in [1.29, 1.82) is 0 Å². The van der Waals surface area contributed by atoms with E-state index in [-0.39, 0.29) is 12.3 Å². The van der Waals surface area contributed by atoms with Gasteiger partial charge in [-0.3, -0.25) is 10.1 Å². The number of imide groups is 1. The maximum atomic E-state index is 11.7. The second-order valence-electron chi connectivity index (χ2n) is 7.92. The fourth-order valence-corrected chi connectivity index (χ4v) is 4.36.